The molecule has 0 bridgehead atoms. The highest BCUT2D eigenvalue weighted by Gasteiger charge is 2.13. The molecule has 0 aliphatic carbocycles. The highest BCUT2D eigenvalue weighted by molar-refractivity contribution is 9.10. The first-order valence-corrected chi connectivity index (χ1v) is 7.77. The average molecular weight is 335 g/mol. The summed E-state index contributed by atoms with van der Waals surface area (Å²) < 4.78 is 0.888. The number of imidazole rings is 1. The van der Waals surface area contributed by atoms with Gasteiger partial charge in [-0.2, -0.15) is 11.8 Å². The van der Waals surface area contributed by atoms with Crippen LogP contribution in [0.5, 0.6) is 0 Å². The van der Waals surface area contributed by atoms with Crippen LogP contribution in [0.2, 0.25) is 5.02 Å². The van der Waals surface area contributed by atoms with E-state index < -0.39 is 0 Å². The van der Waals surface area contributed by atoms with Crippen molar-refractivity contribution < 1.29 is 0 Å². The smallest absolute Gasteiger partial charge is 0.124 e. The van der Waals surface area contributed by atoms with Gasteiger partial charge < -0.3 is 10.7 Å². The van der Waals surface area contributed by atoms with Gasteiger partial charge in [0.1, 0.15) is 11.3 Å². The number of hydrogen-bond acceptors (Lipinski definition) is 3. The molecule has 1 atom stereocenters. The second-order valence-corrected chi connectivity index (χ2v) is 6.07. The molecule has 3 nitrogen and oxygen atoms in total. The maximum absolute atomic E-state index is 6.08. The molecule has 0 saturated heterocycles. The number of aromatic nitrogens is 2. The Morgan fingerprint density at radius 1 is 1.59 bits per heavy atom. The number of benzene rings is 1. The molecule has 1 heterocycles. The molecule has 0 aliphatic heterocycles. The molecule has 0 radical (unpaired) electrons. The van der Waals surface area contributed by atoms with Gasteiger partial charge in [-0.15, -0.1) is 0 Å². The lowest BCUT2D eigenvalue weighted by molar-refractivity contribution is 0.666. The second kappa shape index (κ2) is 5.61. The number of fused-ring (bicyclic) bond motifs is 1. The van der Waals surface area contributed by atoms with E-state index in [2.05, 4.69) is 32.2 Å². The van der Waals surface area contributed by atoms with E-state index in [1.165, 1.54) is 0 Å². The summed E-state index contributed by atoms with van der Waals surface area (Å²) in [4.78, 5) is 7.74. The van der Waals surface area contributed by atoms with Crippen LogP contribution in [0.3, 0.4) is 0 Å². The van der Waals surface area contributed by atoms with Gasteiger partial charge in [0.2, 0.25) is 0 Å². The Morgan fingerprint density at radius 2 is 2.35 bits per heavy atom. The third-order valence-electron chi connectivity index (χ3n) is 2.51. The molecule has 17 heavy (non-hydrogen) atoms. The zero-order valence-electron chi connectivity index (χ0n) is 9.34. The summed E-state index contributed by atoms with van der Waals surface area (Å²) in [5, 5.41) is 0.678. The second-order valence-electron chi connectivity index (χ2n) is 3.79. The quantitative estimate of drug-likeness (QED) is 0.895. The van der Waals surface area contributed by atoms with Gasteiger partial charge in [-0.25, -0.2) is 4.98 Å². The molecular weight excluding hydrogens is 322 g/mol. The highest BCUT2D eigenvalue weighted by Crippen LogP contribution is 2.28. The van der Waals surface area contributed by atoms with Crippen molar-refractivity contribution in [1.82, 2.24) is 9.97 Å². The molecule has 1 unspecified atom stereocenters. The van der Waals surface area contributed by atoms with Crippen molar-refractivity contribution in [2.45, 2.75) is 12.5 Å². The maximum atomic E-state index is 6.08. The summed E-state index contributed by atoms with van der Waals surface area (Å²) in [7, 11) is 0. The first kappa shape index (κ1) is 13.2. The number of thioether (sulfide) groups is 1. The number of rotatable bonds is 4. The minimum absolute atomic E-state index is 0.0551. The van der Waals surface area contributed by atoms with E-state index >= 15 is 0 Å². The fourth-order valence-electron chi connectivity index (χ4n) is 1.62. The molecule has 1 aromatic carbocycles. The summed E-state index contributed by atoms with van der Waals surface area (Å²) in [5.74, 6) is 1.84. The first-order chi connectivity index (χ1) is 8.11. The van der Waals surface area contributed by atoms with Crippen LogP contribution in [0.25, 0.3) is 11.0 Å². The maximum Gasteiger partial charge on any atom is 0.124 e. The van der Waals surface area contributed by atoms with E-state index in [9.17, 15) is 0 Å². The third-order valence-corrected chi connectivity index (χ3v) is 3.97. The zero-order chi connectivity index (χ0) is 12.4. The van der Waals surface area contributed by atoms with Crippen molar-refractivity contribution in [3.63, 3.8) is 0 Å². The molecule has 0 fully saturated rings. The van der Waals surface area contributed by atoms with Gasteiger partial charge in [-0.1, -0.05) is 11.6 Å². The molecule has 0 amide bonds. The summed E-state index contributed by atoms with van der Waals surface area (Å²) in [6, 6.07) is 3.64. The Morgan fingerprint density at radius 3 is 3.06 bits per heavy atom. The van der Waals surface area contributed by atoms with Crippen LogP contribution in [0.1, 0.15) is 18.3 Å². The Labute approximate surface area is 118 Å². The lowest BCUT2D eigenvalue weighted by atomic mass is 10.2. The highest BCUT2D eigenvalue weighted by atomic mass is 79.9. The number of nitrogens with one attached hydrogen (secondary N) is 1. The molecule has 2 rings (SSSR count). The van der Waals surface area contributed by atoms with Gasteiger partial charge in [0, 0.05) is 9.50 Å². The minimum Gasteiger partial charge on any atom is -0.341 e. The van der Waals surface area contributed by atoms with Gasteiger partial charge in [0.05, 0.1) is 11.6 Å². The third kappa shape index (κ3) is 2.96. The van der Waals surface area contributed by atoms with E-state index in [-0.39, 0.29) is 6.04 Å². The minimum atomic E-state index is -0.0551. The predicted octanol–water partition coefficient (Wildman–Crippen LogP) is 3.73. The van der Waals surface area contributed by atoms with E-state index in [4.69, 9.17) is 17.3 Å². The predicted molar refractivity (Wildman–Crippen MR) is 78.7 cm³/mol. The fourth-order valence-corrected chi connectivity index (χ4v) is 3.01. The van der Waals surface area contributed by atoms with Crippen molar-refractivity contribution in [1.29, 1.82) is 0 Å². The van der Waals surface area contributed by atoms with Gasteiger partial charge in [0.25, 0.3) is 0 Å². The molecule has 92 valence electrons. The molecule has 0 saturated carbocycles. The molecule has 1 aromatic heterocycles. The van der Waals surface area contributed by atoms with Crippen LogP contribution in [0, 0.1) is 0 Å². The largest absolute Gasteiger partial charge is 0.341 e. The molecule has 0 spiro atoms. The SMILES string of the molecule is CSCCC(N)c1nc2c(Br)cc(Cl)cc2[nH]1. The monoisotopic (exact) mass is 333 g/mol. The summed E-state index contributed by atoms with van der Waals surface area (Å²) in [5.41, 5.74) is 7.87. The number of nitrogens with two attached hydrogens (primary N) is 1. The normalized spacial score (nSPS) is 13.2. The van der Waals surface area contributed by atoms with Crippen LogP contribution >= 0.6 is 39.3 Å². The van der Waals surface area contributed by atoms with Crippen molar-refractivity contribution in [2.75, 3.05) is 12.0 Å². The fraction of sp³-hybridized carbons (Fsp3) is 0.364. The topological polar surface area (TPSA) is 54.7 Å². The Hall–Kier alpha value is -0.230. The summed E-state index contributed by atoms with van der Waals surface area (Å²) in [6.45, 7) is 0. The van der Waals surface area contributed by atoms with Gasteiger partial charge in [-0.3, -0.25) is 0 Å². The van der Waals surface area contributed by atoms with Crippen LogP contribution in [-0.2, 0) is 0 Å². The van der Waals surface area contributed by atoms with E-state index in [0.717, 1.165) is 33.5 Å². The summed E-state index contributed by atoms with van der Waals surface area (Å²) >= 11 is 11.2. The van der Waals surface area contributed by atoms with Crippen molar-refractivity contribution >= 4 is 50.3 Å². The zero-order valence-corrected chi connectivity index (χ0v) is 12.5. The van der Waals surface area contributed by atoms with Crippen LogP contribution in [0.4, 0.5) is 0 Å². The lowest BCUT2D eigenvalue weighted by Gasteiger charge is -2.06. The number of hydrogen-bond donors (Lipinski definition) is 2. The van der Waals surface area contributed by atoms with Crippen molar-refractivity contribution in [3.05, 3.63) is 27.5 Å². The van der Waals surface area contributed by atoms with Crippen LogP contribution < -0.4 is 5.73 Å². The van der Waals surface area contributed by atoms with E-state index in [1.54, 1.807) is 11.8 Å². The Kier molecular flexibility index (Phi) is 4.36. The lowest BCUT2D eigenvalue weighted by Crippen LogP contribution is -2.12. The summed E-state index contributed by atoms with van der Waals surface area (Å²) in [6.07, 6.45) is 2.98. The Bertz CT molecular complexity index is 529. The van der Waals surface area contributed by atoms with Crippen LogP contribution in [-0.4, -0.2) is 22.0 Å². The molecule has 6 heteroatoms. The number of aromatic amines is 1. The van der Waals surface area contributed by atoms with Gasteiger partial charge in [0.15, 0.2) is 0 Å². The standard InChI is InChI=1S/C11H13BrClN3S/c1-17-3-2-8(14)11-15-9-5-6(13)4-7(12)10(9)16-11/h4-5,8H,2-3,14H2,1H3,(H,15,16). The molecule has 3 N–H and O–H groups in total. The van der Waals surface area contributed by atoms with Gasteiger partial charge in [-0.05, 0) is 46.5 Å². The first-order valence-electron chi connectivity index (χ1n) is 5.21. The van der Waals surface area contributed by atoms with E-state index in [0.29, 0.717) is 5.02 Å². The van der Waals surface area contributed by atoms with Crippen molar-refractivity contribution in [3.8, 4) is 0 Å². The van der Waals surface area contributed by atoms with E-state index in [1.807, 2.05) is 12.1 Å². The Balaban J connectivity index is 2.34. The van der Waals surface area contributed by atoms with Crippen LogP contribution in [0.15, 0.2) is 16.6 Å². The van der Waals surface area contributed by atoms with Gasteiger partial charge >= 0.3 is 0 Å². The van der Waals surface area contributed by atoms with Crippen molar-refractivity contribution in [2.24, 2.45) is 5.73 Å². The number of halogens is 2. The average Bonchev–Trinajstić information content (AvgIpc) is 2.69. The molecule has 0 aliphatic rings. The molecule has 2 aromatic rings. The number of H-pyrrole nitrogens is 1. The number of nitrogens with zero attached hydrogens (tertiary/aromatic N) is 1. The molecular formula is C11H13BrClN3S.